The van der Waals surface area contributed by atoms with Crippen molar-refractivity contribution >= 4 is 72.7 Å². The van der Waals surface area contributed by atoms with Crippen molar-refractivity contribution in [3.05, 3.63) is 180 Å². The molecule has 0 spiro atoms. The molecule has 3 heterocycles. The summed E-state index contributed by atoms with van der Waals surface area (Å²) >= 11 is 3.54. The lowest BCUT2D eigenvalue weighted by Crippen LogP contribution is -2.32. The van der Waals surface area contributed by atoms with E-state index >= 15 is 0 Å². The molecule has 0 unspecified atom stereocenters. The van der Waals surface area contributed by atoms with Crippen LogP contribution in [0.2, 0.25) is 12.6 Å². The maximum Gasteiger partial charge on any atom is 0.124 e. The van der Waals surface area contributed by atoms with E-state index in [2.05, 4.69) is 171 Å². The molecule has 0 saturated carbocycles. The minimum absolute atomic E-state index is 1.05. The Bertz CT molecular complexity index is 2350. The highest BCUT2D eigenvalue weighted by atomic mass is 32.1. The molecule has 240 valence electrons. The van der Waals surface area contributed by atoms with Crippen molar-refractivity contribution in [1.82, 2.24) is 9.97 Å². The third kappa shape index (κ3) is 5.21. The van der Waals surface area contributed by atoms with Gasteiger partial charge < -0.3 is 0 Å². The number of aromatic nitrogens is 2. The maximum absolute atomic E-state index is 5.06. The van der Waals surface area contributed by atoms with E-state index in [1.54, 1.807) is 22.7 Å². The highest BCUT2D eigenvalue weighted by Gasteiger charge is 2.46. The summed E-state index contributed by atoms with van der Waals surface area (Å²) in [6.45, 7) is 4.99. The minimum atomic E-state index is -2.38. The van der Waals surface area contributed by atoms with Crippen molar-refractivity contribution in [2.75, 3.05) is 0 Å². The number of allylic oxidation sites excluding steroid dienone is 2. The van der Waals surface area contributed by atoms with Crippen molar-refractivity contribution in [1.29, 1.82) is 0 Å². The number of fused-ring (bicyclic) bond motifs is 2. The molecule has 8 aromatic rings. The van der Waals surface area contributed by atoms with Crippen LogP contribution in [0.5, 0.6) is 0 Å². The van der Waals surface area contributed by atoms with Gasteiger partial charge in [-0.05, 0) is 80.2 Å². The molecule has 0 atom stereocenters. The Morgan fingerprint density at radius 1 is 0.440 bits per heavy atom. The molecule has 2 aromatic heterocycles. The van der Waals surface area contributed by atoms with Gasteiger partial charge in [0.05, 0.1) is 20.4 Å². The van der Waals surface area contributed by atoms with Crippen LogP contribution < -0.4 is 0 Å². The highest BCUT2D eigenvalue weighted by molar-refractivity contribution is 7.22. The third-order valence-corrected chi connectivity index (χ3v) is 16.9. The molecule has 6 aromatic carbocycles. The zero-order valence-electron chi connectivity index (χ0n) is 27.9. The fourth-order valence-corrected chi connectivity index (χ4v) is 13.7. The fraction of sp³-hybridized carbons (Fsp3) is 0.0667. The summed E-state index contributed by atoms with van der Waals surface area (Å²) in [6.07, 6.45) is 0. The molecule has 9 rings (SSSR count). The van der Waals surface area contributed by atoms with Crippen LogP contribution in [0.1, 0.15) is 29.2 Å². The number of hydrogen-bond donors (Lipinski definition) is 0. The number of nitrogens with zero attached hydrogens (tertiary/aromatic N) is 2. The van der Waals surface area contributed by atoms with E-state index in [0.717, 1.165) is 27.1 Å². The van der Waals surface area contributed by atoms with Crippen molar-refractivity contribution in [3.8, 4) is 21.1 Å². The van der Waals surface area contributed by atoms with Gasteiger partial charge in [0, 0.05) is 11.1 Å². The first-order valence-electron chi connectivity index (χ1n) is 17.1. The molecule has 0 bridgehead atoms. The molecule has 0 N–H and O–H groups in total. The van der Waals surface area contributed by atoms with Crippen LogP contribution in [0.15, 0.2) is 158 Å². The second-order valence-electron chi connectivity index (χ2n) is 13.1. The molecular formula is C45H34N2S2Si. The number of rotatable bonds is 7. The normalized spacial score (nSPS) is 14.3. The molecule has 2 nitrogen and oxygen atoms in total. The van der Waals surface area contributed by atoms with Crippen LogP contribution in [-0.4, -0.2) is 18.0 Å². The second kappa shape index (κ2) is 12.6. The third-order valence-electron chi connectivity index (χ3n) is 10.1. The molecule has 1 aliphatic rings. The zero-order chi connectivity index (χ0) is 33.7. The van der Waals surface area contributed by atoms with E-state index in [4.69, 9.17) is 9.97 Å². The van der Waals surface area contributed by atoms with Gasteiger partial charge in [0.1, 0.15) is 18.1 Å². The van der Waals surface area contributed by atoms with Crippen LogP contribution in [-0.2, 0) is 0 Å². The average molecular weight is 695 g/mol. The van der Waals surface area contributed by atoms with Crippen LogP contribution in [0.3, 0.4) is 0 Å². The van der Waals surface area contributed by atoms with E-state index in [-0.39, 0.29) is 0 Å². The summed E-state index contributed by atoms with van der Waals surface area (Å²) in [6, 6.07) is 58.4. The molecule has 5 heteroatoms. The maximum atomic E-state index is 5.06. The zero-order valence-corrected chi connectivity index (χ0v) is 30.6. The first-order valence-corrected chi connectivity index (χ1v) is 21.5. The van der Waals surface area contributed by atoms with Crippen LogP contribution in [0.25, 0.3) is 63.1 Å². The summed E-state index contributed by atoms with van der Waals surface area (Å²) in [4.78, 5) is 10.1. The first-order chi connectivity index (χ1) is 24.6. The van der Waals surface area contributed by atoms with Crippen LogP contribution in [0.4, 0.5) is 0 Å². The molecule has 0 amide bonds. The Morgan fingerprint density at radius 3 is 1.24 bits per heavy atom. The van der Waals surface area contributed by atoms with Gasteiger partial charge in [-0.2, -0.15) is 0 Å². The topological polar surface area (TPSA) is 25.8 Å². The molecule has 1 aliphatic heterocycles. The molecular weight excluding hydrogens is 661 g/mol. The number of hydrogen-bond acceptors (Lipinski definition) is 4. The van der Waals surface area contributed by atoms with Gasteiger partial charge in [-0.25, -0.2) is 9.97 Å². The highest BCUT2D eigenvalue weighted by Crippen LogP contribution is 2.57. The van der Waals surface area contributed by atoms with Crippen molar-refractivity contribution in [2.45, 2.75) is 19.5 Å². The van der Waals surface area contributed by atoms with E-state index < -0.39 is 8.07 Å². The van der Waals surface area contributed by atoms with Crippen molar-refractivity contribution < 1.29 is 0 Å². The monoisotopic (exact) mass is 694 g/mol. The first kappa shape index (κ1) is 30.8. The van der Waals surface area contributed by atoms with E-state index in [9.17, 15) is 0 Å². The molecule has 0 saturated heterocycles. The fourth-order valence-electron chi connectivity index (χ4n) is 7.60. The van der Waals surface area contributed by atoms with Crippen molar-refractivity contribution in [3.63, 3.8) is 0 Å². The lowest BCUT2D eigenvalue weighted by Gasteiger charge is -2.30. The Hall–Kier alpha value is -5.20. The molecule has 0 radical (unpaired) electrons. The molecule has 50 heavy (non-hydrogen) atoms. The number of thiazole rings is 2. The summed E-state index contributed by atoms with van der Waals surface area (Å²) in [7, 11) is -2.38. The quantitative estimate of drug-likeness (QED) is 0.155. The lowest BCUT2D eigenvalue weighted by atomic mass is 9.89. The van der Waals surface area contributed by atoms with Gasteiger partial charge in [0.2, 0.25) is 0 Å². The Kier molecular flexibility index (Phi) is 7.77. The van der Waals surface area contributed by atoms with Crippen LogP contribution >= 0.6 is 22.7 Å². The predicted octanol–water partition coefficient (Wildman–Crippen LogP) is 13.0. The standard InChI is InChI=1S/C45H34N2S2Si/c1-3-50(2)42(32-20-14-22-34(28-32)44-46-36-24-10-12-26-38(36)48-44)40(30-16-6-4-7-17-30)41(31-18-8-5-9-19-31)43(50)33-21-15-23-35(29-33)45-47-37-25-11-13-27-39(37)49-45/h4-29H,3H2,1-2H3. The second-order valence-corrected chi connectivity index (χ2v) is 19.5. The number of benzene rings is 6. The van der Waals surface area contributed by atoms with Crippen LogP contribution in [0, 0.1) is 0 Å². The Morgan fingerprint density at radius 2 is 0.820 bits per heavy atom. The Labute approximate surface area is 301 Å². The number of para-hydroxylation sites is 2. The smallest absolute Gasteiger partial charge is 0.124 e. The minimum Gasteiger partial charge on any atom is -0.236 e. The average Bonchev–Trinajstić information content (AvgIpc) is 3.89. The van der Waals surface area contributed by atoms with E-state index in [1.807, 2.05) is 0 Å². The van der Waals surface area contributed by atoms with E-state index in [0.29, 0.717) is 0 Å². The summed E-state index contributed by atoms with van der Waals surface area (Å²) in [5, 5.41) is 5.11. The van der Waals surface area contributed by atoms with Gasteiger partial charge in [-0.1, -0.05) is 141 Å². The van der Waals surface area contributed by atoms with Gasteiger partial charge in [-0.15, -0.1) is 22.7 Å². The van der Waals surface area contributed by atoms with Gasteiger partial charge in [-0.3, -0.25) is 0 Å². The lowest BCUT2D eigenvalue weighted by molar-refractivity contribution is 1.39. The predicted molar refractivity (Wildman–Crippen MR) is 219 cm³/mol. The SMILES string of the molecule is CC[Si]1(C)C(c2cccc(-c3nc4ccccc4s3)c2)=C(c2ccccc2)C(c2ccccc2)=C1c1cccc(-c2nc3ccccc3s2)c1. The summed E-state index contributed by atoms with van der Waals surface area (Å²) in [5.74, 6) is 0. The van der Waals surface area contributed by atoms with Gasteiger partial charge >= 0.3 is 0 Å². The largest absolute Gasteiger partial charge is 0.236 e. The Balaban J connectivity index is 1.30. The van der Waals surface area contributed by atoms with Crippen molar-refractivity contribution in [2.24, 2.45) is 0 Å². The van der Waals surface area contributed by atoms with Gasteiger partial charge in [0.25, 0.3) is 0 Å². The van der Waals surface area contributed by atoms with E-state index in [1.165, 1.54) is 64.3 Å². The molecule has 0 fully saturated rings. The van der Waals surface area contributed by atoms with Gasteiger partial charge in [0.15, 0.2) is 0 Å². The summed E-state index contributed by atoms with van der Waals surface area (Å²) < 4.78 is 2.43. The summed E-state index contributed by atoms with van der Waals surface area (Å²) in [5.41, 5.74) is 12.3. The molecule has 0 aliphatic carbocycles.